The van der Waals surface area contributed by atoms with Crippen molar-refractivity contribution < 1.29 is 13.2 Å². The fourth-order valence-corrected chi connectivity index (χ4v) is 2.39. The van der Waals surface area contributed by atoms with Crippen LogP contribution < -0.4 is 10.6 Å². The lowest BCUT2D eigenvalue weighted by Gasteiger charge is -2.24. The van der Waals surface area contributed by atoms with E-state index in [0.717, 1.165) is 25.2 Å². The Balaban J connectivity index is 2.83. The lowest BCUT2D eigenvalue weighted by Crippen LogP contribution is -2.29. The van der Waals surface area contributed by atoms with E-state index in [1.54, 1.807) is 19.2 Å². The van der Waals surface area contributed by atoms with Crippen molar-refractivity contribution in [3.8, 4) is 0 Å². The molecule has 108 valence electrons. The Labute approximate surface area is 115 Å². The highest BCUT2D eigenvalue weighted by Crippen LogP contribution is 2.18. The van der Waals surface area contributed by atoms with Crippen molar-refractivity contribution >= 4 is 15.5 Å². The molecule has 0 heterocycles. The molecular formula is C13H22N2O3S. The summed E-state index contributed by atoms with van der Waals surface area (Å²) in [6.45, 7) is 2.84. The van der Waals surface area contributed by atoms with Gasteiger partial charge in [0, 0.05) is 32.1 Å². The number of sulfone groups is 1. The van der Waals surface area contributed by atoms with E-state index in [1.807, 2.05) is 12.1 Å². The first-order chi connectivity index (χ1) is 8.99. The molecule has 2 N–H and O–H groups in total. The van der Waals surface area contributed by atoms with Crippen molar-refractivity contribution in [3.05, 3.63) is 24.3 Å². The molecule has 6 heteroatoms. The van der Waals surface area contributed by atoms with Crippen LogP contribution in [0.2, 0.25) is 0 Å². The first-order valence-corrected chi connectivity index (χ1v) is 8.12. The number of methoxy groups -OCH3 is 1. The molecule has 0 atom stereocenters. The van der Waals surface area contributed by atoms with Crippen molar-refractivity contribution in [3.63, 3.8) is 0 Å². The Morgan fingerprint density at radius 2 is 1.84 bits per heavy atom. The summed E-state index contributed by atoms with van der Waals surface area (Å²) in [6, 6.07) is 6.91. The minimum atomic E-state index is -3.14. The molecule has 0 aromatic heterocycles. The molecule has 0 spiro atoms. The Morgan fingerprint density at radius 1 is 1.21 bits per heavy atom. The van der Waals surface area contributed by atoms with Gasteiger partial charge in [-0.15, -0.1) is 0 Å². The molecule has 5 nitrogen and oxygen atoms in total. The lowest BCUT2D eigenvalue weighted by molar-refractivity contribution is 0.205. The maximum absolute atomic E-state index is 11.4. The van der Waals surface area contributed by atoms with E-state index in [0.29, 0.717) is 18.0 Å². The van der Waals surface area contributed by atoms with E-state index in [4.69, 9.17) is 10.5 Å². The molecule has 19 heavy (non-hydrogen) atoms. The standard InChI is InChI=1S/C13H22N2O3S/c1-18-11-10-15(9-3-8-14)12-4-6-13(7-5-12)19(2,16)17/h4-7H,3,8-11,14H2,1-2H3. The molecule has 0 fully saturated rings. The van der Waals surface area contributed by atoms with Crippen LogP contribution in [0.4, 0.5) is 5.69 Å². The Kier molecular flexibility index (Phi) is 6.27. The maximum Gasteiger partial charge on any atom is 0.175 e. The maximum atomic E-state index is 11.4. The van der Waals surface area contributed by atoms with Crippen LogP contribution in [0.3, 0.4) is 0 Å². The van der Waals surface area contributed by atoms with Crippen molar-refractivity contribution in [1.82, 2.24) is 0 Å². The smallest absolute Gasteiger partial charge is 0.175 e. The first kappa shape index (κ1) is 15.9. The van der Waals surface area contributed by atoms with Crippen LogP contribution in [-0.2, 0) is 14.6 Å². The Bertz CT molecular complexity index is 463. The normalized spacial score (nSPS) is 11.5. The molecular weight excluding hydrogens is 264 g/mol. The van der Waals surface area contributed by atoms with E-state index in [2.05, 4.69) is 4.90 Å². The highest BCUT2D eigenvalue weighted by molar-refractivity contribution is 7.90. The summed E-state index contributed by atoms with van der Waals surface area (Å²) in [5.41, 5.74) is 6.51. The van der Waals surface area contributed by atoms with Crippen LogP contribution in [-0.4, -0.2) is 48.0 Å². The van der Waals surface area contributed by atoms with Gasteiger partial charge in [-0.2, -0.15) is 0 Å². The van der Waals surface area contributed by atoms with Gasteiger partial charge in [-0.05, 0) is 37.2 Å². The highest BCUT2D eigenvalue weighted by atomic mass is 32.2. The van der Waals surface area contributed by atoms with Crippen LogP contribution in [0, 0.1) is 0 Å². The summed E-state index contributed by atoms with van der Waals surface area (Å²) in [7, 11) is -1.48. The minimum absolute atomic E-state index is 0.335. The SMILES string of the molecule is COCCN(CCCN)c1ccc(S(C)(=O)=O)cc1. The van der Waals surface area contributed by atoms with Crippen molar-refractivity contribution in [2.24, 2.45) is 5.73 Å². The molecule has 0 saturated heterocycles. The molecule has 1 rings (SSSR count). The number of rotatable bonds is 8. The molecule has 0 aliphatic carbocycles. The Hall–Kier alpha value is -1.11. The zero-order valence-corrected chi connectivity index (χ0v) is 12.3. The van der Waals surface area contributed by atoms with Crippen LogP contribution in [0.25, 0.3) is 0 Å². The van der Waals surface area contributed by atoms with Gasteiger partial charge in [-0.3, -0.25) is 0 Å². The minimum Gasteiger partial charge on any atom is -0.383 e. The van der Waals surface area contributed by atoms with E-state index in [-0.39, 0.29) is 0 Å². The van der Waals surface area contributed by atoms with Crippen molar-refractivity contribution in [2.45, 2.75) is 11.3 Å². The van der Waals surface area contributed by atoms with E-state index in [9.17, 15) is 8.42 Å². The molecule has 0 unspecified atom stereocenters. The van der Waals surface area contributed by atoms with Crippen LogP contribution in [0.1, 0.15) is 6.42 Å². The summed E-state index contributed by atoms with van der Waals surface area (Å²) >= 11 is 0. The number of hydrogen-bond donors (Lipinski definition) is 1. The van der Waals surface area contributed by atoms with Gasteiger partial charge in [0.2, 0.25) is 0 Å². The molecule has 0 radical (unpaired) electrons. The fraction of sp³-hybridized carbons (Fsp3) is 0.538. The van der Waals surface area contributed by atoms with Crippen LogP contribution in [0.5, 0.6) is 0 Å². The lowest BCUT2D eigenvalue weighted by atomic mass is 10.2. The number of ether oxygens (including phenoxy) is 1. The number of benzene rings is 1. The van der Waals surface area contributed by atoms with Gasteiger partial charge >= 0.3 is 0 Å². The quantitative estimate of drug-likeness (QED) is 0.768. The first-order valence-electron chi connectivity index (χ1n) is 6.23. The van der Waals surface area contributed by atoms with Gasteiger partial charge in [-0.25, -0.2) is 8.42 Å². The van der Waals surface area contributed by atoms with E-state index < -0.39 is 9.84 Å². The average Bonchev–Trinajstić information content (AvgIpc) is 2.38. The monoisotopic (exact) mass is 286 g/mol. The second-order valence-electron chi connectivity index (χ2n) is 4.39. The van der Waals surface area contributed by atoms with Gasteiger partial charge < -0.3 is 15.4 Å². The van der Waals surface area contributed by atoms with Gasteiger partial charge in [0.1, 0.15) is 0 Å². The van der Waals surface area contributed by atoms with Gasteiger partial charge in [0.05, 0.1) is 11.5 Å². The molecule has 0 amide bonds. The van der Waals surface area contributed by atoms with Gasteiger partial charge in [-0.1, -0.05) is 0 Å². The highest BCUT2D eigenvalue weighted by Gasteiger charge is 2.09. The predicted molar refractivity (Wildman–Crippen MR) is 77.3 cm³/mol. The fourth-order valence-electron chi connectivity index (χ4n) is 1.76. The van der Waals surface area contributed by atoms with Gasteiger partial charge in [0.15, 0.2) is 9.84 Å². The van der Waals surface area contributed by atoms with Crippen molar-refractivity contribution in [2.75, 3.05) is 44.5 Å². The summed E-state index contributed by atoms with van der Waals surface area (Å²) < 4.78 is 27.9. The van der Waals surface area contributed by atoms with E-state index >= 15 is 0 Å². The molecule has 1 aromatic rings. The zero-order chi connectivity index (χ0) is 14.3. The summed E-state index contributed by atoms with van der Waals surface area (Å²) in [5.74, 6) is 0. The third-order valence-electron chi connectivity index (χ3n) is 2.83. The van der Waals surface area contributed by atoms with Gasteiger partial charge in [0.25, 0.3) is 0 Å². The van der Waals surface area contributed by atoms with E-state index in [1.165, 1.54) is 6.26 Å². The molecule has 0 bridgehead atoms. The molecule has 1 aromatic carbocycles. The second kappa shape index (κ2) is 7.47. The molecule has 0 aliphatic heterocycles. The topological polar surface area (TPSA) is 72.6 Å². The third kappa shape index (κ3) is 5.18. The third-order valence-corrected chi connectivity index (χ3v) is 3.96. The number of nitrogens with two attached hydrogens (primary N) is 1. The second-order valence-corrected chi connectivity index (χ2v) is 6.40. The predicted octanol–water partition coefficient (Wildman–Crippen LogP) is 0.892. The number of hydrogen-bond acceptors (Lipinski definition) is 5. The Morgan fingerprint density at radius 3 is 2.32 bits per heavy atom. The summed E-state index contributed by atoms with van der Waals surface area (Å²) in [6.07, 6.45) is 2.09. The molecule has 0 saturated carbocycles. The largest absolute Gasteiger partial charge is 0.383 e. The number of anilines is 1. The summed E-state index contributed by atoms with van der Waals surface area (Å²) in [4.78, 5) is 2.48. The van der Waals surface area contributed by atoms with Crippen molar-refractivity contribution in [1.29, 1.82) is 0 Å². The summed E-state index contributed by atoms with van der Waals surface area (Å²) in [5, 5.41) is 0. The molecule has 0 aliphatic rings. The zero-order valence-electron chi connectivity index (χ0n) is 11.5. The average molecular weight is 286 g/mol. The van der Waals surface area contributed by atoms with Crippen LogP contribution >= 0.6 is 0 Å². The van der Waals surface area contributed by atoms with Crippen LogP contribution in [0.15, 0.2) is 29.2 Å². The number of nitrogens with zero attached hydrogens (tertiary/aromatic N) is 1.